The second-order valence-corrected chi connectivity index (χ2v) is 3.01. The van der Waals surface area contributed by atoms with E-state index in [0.29, 0.717) is 6.04 Å². The predicted octanol–water partition coefficient (Wildman–Crippen LogP) is 1.89. The molecule has 0 bridgehead atoms. The largest absolute Gasteiger partial charge is 0.307 e. The van der Waals surface area contributed by atoms with Gasteiger partial charge in [-0.25, -0.2) is 0 Å². The molecule has 2 rings (SSSR count). The van der Waals surface area contributed by atoms with Crippen LogP contribution in [0.5, 0.6) is 0 Å². The molecule has 0 saturated carbocycles. The summed E-state index contributed by atoms with van der Waals surface area (Å²) in [6, 6.07) is 9.34. The second kappa shape index (κ2) is 2.67. The Labute approximate surface area is 67.4 Å². The smallest absolute Gasteiger partial charge is 0.0450 e. The number of aryl methyl sites for hydroxylation is 1. The van der Waals surface area contributed by atoms with E-state index in [2.05, 4.69) is 36.5 Å². The fourth-order valence-electron chi connectivity index (χ4n) is 1.47. The van der Waals surface area contributed by atoms with Gasteiger partial charge in [0.25, 0.3) is 0 Å². The van der Waals surface area contributed by atoms with Gasteiger partial charge in [0.2, 0.25) is 0 Å². The second-order valence-electron chi connectivity index (χ2n) is 3.01. The Morgan fingerprint density at radius 3 is 2.82 bits per heavy atom. The van der Waals surface area contributed by atoms with E-state index >= 15 is 0 Å². The van der Waals surface area contributed by atoms with Crippen molar-refractivity contribution in [3.8, 4) is 0 Å². The summed E-state index contributed by atoms with van der Waals surface area (Å²) in [6.07, 6.45) is 1.15. The summed E-state index contributed by atoms with van der Waals surface area (Å²) in [7, 11) is 0. The van der Waals surface area contributed by atoms with Gasteiger partial charge in [-0.05, 0) is 17.5 Å². The number of benzene rings is 1. The lowest BCUT2D eigenvalue weighted by Gasteiger charge is -2.03. The number of hydrogen-bond acceptors (Lipinski definition) is 1. The maximum Gasteiger partial charge on any atom is 0.0450 e. The fraction of sp³-hybridized carbons (Fsp3) is 0.400. The van der Waals surface area contributed by atoms with E-state index in [4.69, 9.17) is 0 Å². The molecule has 0 amide bonds. The molecule has 1 fully saturated rings. The van der Waals surface area contributed by atoms with Gasteiger partial charge in [0, 0.05) is 12.6 Å². The molecular formula is C10H13N. The molecule has 1 heteroatoms. The Kier molecular flexibility index (Phi) is 1.66. The first kappa shape index (κ1) is 6.86. The van der Waals surface area contributed by atoms with Crippen LogP contribution in [0.3, 0.4) is 0 Å². The molecule has 1 N–H and O–H groups in total. The Morgan fingerprint density at radius 1 is 1.45 bits per heavy atom. The quantitative estimate of drug-likeness (QED) is 0.634. The van der Waals surface area contributed by atoms with Crippen LogP contribution in [0.1, 0.15) is 24.1 Å². The first-order valence-corrected chi connectivity index (χ1v) is 4.23. The molecule has 1 nitrogen and oxygen atoms in total. The molecule has 1 heterocycles. The number of hydrogen-bond donors (Lipinski definition) is 1. The third-order valence-electron chi connectivity index (χ3n) is 2.22. The molecule has 11 heavy (non-hydrogen) atoms. The van der Waals surface area contributed by atoms with Crippen molar-refractivity contribution in [2.75, 3.05) is 6.54 Å². The Hall–Kier alpha value is -0.820. The Balaban J connectivity index is 2.34. The highest BCUT2D eigenvalue weighted by Crippen LogP contribution is 2.24. The average molecular weight is 147 g/mol. The first-order chi connectivity index (χ1) is 5.42. The van der Waals surface area contributed by atoms with Crippen molar-refractivity contribution in [1.82, 2.24) is 5.32 Å². The van der Waals surface area contributed by atoms with E-state index in [1.54, 1.807) is 0 Å². The lowest BCUT2D eigenvalue weighted by Crippen LogP contribution is -1.91. The van der Waals surface area contributed by atoms with Gasteiger partial charge in [-0.1, -0.05) is 31.2 Å². The third kappa shape index (κ3) is 1.29. The van der Waals surface area contributed by atoms with Gasteiger partial charge in [0.15, 0.2) is 0 Å². The molecule has 1 aliphatic rings. The molecule has 1 aromatic carbocycles. The maximum atomic E-state index is 3.33. The van der Waals surface area contributed by atoms with Crippen molar-refractivity contribution in [2.45, 2.75) is 19.4 Å². The number of nitrogens with one attached hydrogen (secondary N) is 1. The Morgan fingerprint density at radius 2 is 2.18 bits per heavy atom. The van der Waals surface area contributed by atoms with Crippen LogP contribution in [0.15, 0.2) is 24.3 Å². The van der Waals surface area contributed by atoms with Crippen molar-refractivity contribution in [3.05, 3.63) is 35.4 Å². The summed E-state index contributed by atoms with van der Waals surface area (Å²) in [5.74, 6) is 0. The summed E-state index contributed by atoms with van der Waals surface area (Å²) >= 11 is 0. The van der Waals surface area contributed by atoms with Crippen LogP contribution >= 0.6 is 0 Å². The highest BCUT2D eigenvalue weighted by atomic mass is 15.1. The van der Waals surface area contributed by atoms with Crippen LogP contribution in [0.25, 0.3) is 0 Å². The summed E-state index contributed by atoms with van der Waals surface area (Å²) < 4.78 is 0. The first-order valence-electron chi connectivity index (χ1n) is 4.23. The van der Waals surface area contributed by atoms with E-state index in [9.17, 15) is 0 Å². The fourth-order valence-corrected chi connectivity index (χ4v) is 1.47. The molecule has 0 radical (unpaired) electrons. The van der Waals surface area contributed by atoms with Crippen LogP contribution in [-0.2, 0) is 6.42 Å². The van der Waals surface area contributed by atoms with Gasteiger partial charge in [-0.2, -0.15) is 0 Å². The number of rotatable bonds is 2. The lowest BCUT2D eigenvalue weighted by molar-refractivity contribution is 1.01. The molecule has 0 unspecified atom stereocenters. The topological polar surface area (TPSA) is 21.9 Å². The predicted molar refractivity (Wildman–Crippen MR) is 46.6 cm³/mol. The molecule has 1 aromatic rings. The van der Waals surface area contributed by atoms with E-state index in [1.165, 1.54) is 11.1 Å². The molecule has 0 aliphatic carbocycles. The van der Waals surface area contributed by atoms with Gasteiger partial charge in [-0.3, -0.25) is 0 Å². The van der Waals surface area contributed by atoms with Crippen molar-refractivity contribution in [1.29, 1.82) is 0 Å². The van der Waals surface area contributed by atoms with Crippen molar-refractivity contribution >= 4 is 0 Å². The maximum absolute atomic E-state index is 3.33. The average Bonchev–Trinajstić information content (AvgIpc) is 2.87. The van der Waals surface area contributed by atoms with Crippen molar-refractivity contribution < 1.29 is 0 Å². The van der Waals surface area contributed by atoms with Gasteiger partial charge < -0.3 is 5.32 Å². The monoisotopic (exact) mass is 147 g/mol. The zero-order chi connectivity index (χ0) is 7.68. The molecular weight excluding hydrogens is 134 g/mol. The van der Waals surface area contributed by atoms with Gasteiger partial charge >= 0.3 is 0 Å². The minimum absolute atomic E-state index is 0.658. The molecule has 1 atom stereocenters. The van der Waals surface area contributed by atoms with Crippen LogP contribution in [0, 0.1) is 0 Å². The highest BCUT2D eigenvalue weighted by molar-refractivity contribution is 5.32. The van der Waals surface area contributed by atoms with Gasteiger partial charge in [0.05, 0.1) is 0 Å². The molecule has 58 valence electrons. The van der Waals surface area contributed by atoms with Crippen molar-refractivity contribution in [2.24, 2.45) is 0 Å². The third-order valence-corrected chi connectivity index (χ3v) is 2.22. The van der Waals surface area contributed by atoms with Gasteiger partial charge in [0.1, 0.15) is 0 Å². The minimum Gasteiger partial charge on any atom is -0.307 e. The van der Waals surface area contributed by atoms with Crippen LogP contribution in [-0.4, -0.2) is 6.54 Å². The summed E-state index contributed by atoms with van der Waals surface area (Å²) in [5.41, 5.74) is 2.98. The standard InChI is InChI=1S/C10H13N/c1-2-8-5-3-4-6-9(8)10-7-11-10/h3-6,10-11H,2,7H2,1H3/t10-/m1/s1. The summed E-state index contributed by atoms with van der Waals surface area (Å²) in [6.45, 7) is 3.37. The van der Waals surface area contributed by atoms with Gasteiger partial charge in [-0.15, -0.1) is 0 Å². The van der Waals surface area contributed by atoms with E-state index in [0.717, 1.165) is 13.0 Å². The normalized spacial score (nSPS) is 21.7. The van der Waals surface area contributed by atoms with Crippen LogP contribution in [0.4, 0.5) is 0 Å². The van der Waals surface area contributed by atoms with E-state index in [-0.39, 0.29) is 0 Å². The molecule has 1 saturated heterocycles. The van der Waals surface area contributed by atoms with Crippen molar-refractivity contribution in [3.63, 3.8) is 0 Å². The molecule has 1 aliphatic heterocycles. The highest BCUT2D eigenvalue weighted by Gasteiger charge is 2.23. The minimum atomic E-state index is 0.658. The Bertz CT molecular complexity index is 251. The van der Waals surface area contributed by atoms with E-state index in [1.807, 2.05) is 0 Å². The van der Waals surface area contributed by atoms with E-state index < -0.39 is 0 Å². The summed E-state index contributed by atoms with van der Waals surface area (Å²) in [5, 5.41) is 3.33. The zero-order valence-corrected chi connectivity index (χ0v) is 6.80. The SMILES string of the molecule is CCc1ccccc1[C@H]1CN1. The molecule has 0 spiro atoms. The van der Waals surface area contributed by atoms with Crippen LogP contribution < -0.4 is 5.32 Å². The lowest BCUT2D eigenvalue weighted by atomic mass is 10.0. The van der Waals surface area contributed by atoms with Crippen LogP contribution in [0.2, 0.25) is 0 Å². The zero-order valence-electron chi connectivity index (χ0n) is 6.80. The summed E-state index contributed by atoms with van der Waals surface area (Å²) in [4.78, 5) is 0. The molecule has 0 aromatic heterocycles.